The van der Waals surface area contributed by atoms with Gasteiger partial charge in [0.25, 0.3) is 0 Å². The third-order valence-corrected chi connectivity index (χ3v) is 5.88. The van der Waals surface area contributed by atoms with Gasteiger partial charge in [-0.05, 0) is 67.9 Å². The van der Waals surface area contributed by atoms with Gasteiger partial charge in [-0.3, -0.25) is 0 Å². The van der Waals surface area contributed by atoms with Gasteiger partial charge in [0.2, 0.25) is 0 Å². The van der Waals surface area contributed by atoms with Crippen molar-refractivity contribution in [3.05, 3.63) is 0 Å². The lowest BCUT2D eigenvalue weighted by Crippen LogP contribution is -2.47. The van der Waals surface area contributed by atoms with E-state index in [1.54, 1.807) is 0 Å². The lowest BCUT2D eigenvalue weighted by molar-refractivity contribution is 0.0711. The van der Waals surface area contributed by atoms with Gasteiger partial charge in [0, 0.05) is 12.6 Å². The SMILES string of the molecule is CC1(C)CCC(N)C(CN2CCC(C(C)(C)C)CC2)C1. The van der Waals surface area contributed by atoms with Crippen molar-refractivity contribution in [2.45, 2.75) is 72.8 Å². The van der Waals surface area contributed by atoms with Gasteiger partial charge in [0.1, 0.15) is 0 Å². The Balaban J connectivity index is 1.83. The predicted molar refractivity (Wildman–Crippen MR) is 87.7 cm³/mol. The standard InChI is InChI=1S/C18H36N2/c1-17(2,3)15-7-10-20(11-8-15)13-14-12-18(4,5)9-6-16(14)19/h14-16H,6-13,19H2,1-5H3. The molecule has 0 bridgehead atoms. The van der Waals surface area contributed by atoms with E-state index >= 15 is 0 Å². The lowest BCUT2D eigenvalue weighted by atomic mass is 9.69. The largest absolute Gasteiger partial charge is 0.327 e. The molecule has 2 rings (SSSR count). The number of nitrogens with two attached hydrogens (primary N) is 1. The Morgan fingerprint density at radius 3 is 2.25 bits per heavy atom. The van der Waals surface area contributed by atoms with Crippen LogP contribution in [-0.4, -0.2) is 30.6 Å². The van der Waals surface area contributed by atoms with Crippen molar-refractivity contribution < 1.29 is 0 Å². The van der Waals surface area contributed by atoms with Gasteiger partial charge in [-0.2, -0.15) is 0 Å². The smallest absolute Gasteiger partial charge is 0.00797 e. The molecule has 2 heteroatoms. The summed E-state index contributed by atoms with van der Waals surface area (Å²) < 4.78 is 0. The van der Waals surface area contributed by atoms with E-state index in [-0.39, 0.29) is 0 Å². The molecular formula is C18H36N2. The first-order chi connectivity index (χ1) is 9.17. The molecule has 1 saturated heterocycles. The Labute approximate surface area is 126 Å². The molecule has 0 radical (unpaired) electrons. The van der Waals surface area contributed by atoms with Crippen LogP contribution < -0.4 is 5.73 Å². The molecule has 2 nitrogen and oxygen atoms in total. The minimum absolute atomic E-state index is 0.434. The number of hydrogen-bond donors (Lipinski definition) is 1. The van der Waals surface area contributed by atoms with Gasteiger partial charge in [-0.15, -0.1) is 0 Å². The van der Waals surface area contributed by atoms with E-state index in [0.29, 0.717) is 22.8 Å². The van der Waals surface area contributed by atoms with Crippen LogP contribution in [0.1, 0.15) is 66.7 Å². The highest BCUT2D eigenvalue weighted by atomic mass is 15.1. The van der Waals surface area contributed by atoms with Crippen molar-refractivity contribution in [3.8, 4) is 0 Å². The zero-order chi connectivity index (χ0) is 15.0. The molecule has 2 atom stereocenters. The Hall–Kier alpha value is -0.0800. The van der Waals surface area contributed by atoms with Crippen LogP contribution in [0.15, 0.2) is 0 Å². The summed E-state index contributed by atoms with van der Waals surface area (Å²) in [5.74, 6) is 1.61. The molecule has 118 valence electrons. The molecule has 1 saturated carbocycles. The highest BCUT2D eigenvalue weighted by Crippen LogP contribution is 2.39. The fourth-order valence-corrected chi connectivity index (χ4v) is 4.27. The third-order valence-electron chi connectivity index (χ3n) is 5.88. The number of rotatable bonds is 2. The zero-order valence-corrected chi connectivity index (χ0v) is 14.4. The lowest BCUT2D eigenvalue weighted by Gasteiger charge is -2.44. The number of likely N-dealkylation sites (tertiary alicyclic amines) is 1. The minimum atomic E-state index is 0.434. The number of piperidine rings is 1. The molecular weight excluding hydrogens is 244 g/mol. The molecule has 2 unspecified atom stereocenters. The topological polar surface area (TPSA) is 29.3 Å². The van der Waals surface area contributed by atoms with Crippen molar-refractivity contribution in [1.29, 1.82) is 0 Å². The second kappa shape index (κ2) is 5.96. The molecule has 0 aromatic heterocycles. The third kappa shape index (κ3) is 4.21. The van der Waals surface area contributed by atoms with Crippen LogP contribution in [0.5, 0.6) is 0 Å². The Kier molecular flexibility index (Phi) is 4.86. The first-order valence-corrected chi connectivity index (χ1v) is 8.65. The monoisotopic (exact) mass is 280 g/mol. The summed E-state index contributed by atoms with van der Waals surface area (Å²) in [5, 5.41) is 0. The van der Waals surface area contributed by atoms with E-state index in [9.17, 15) is 0 Å². The Bertz CT molecular complexity index is 308. The molecule has 2 fully saturated rings. The quantitative estimate of drug-likeness (QED) is 0.831. The van der Waals surface area contributed by atoms with Crippen molar-refractivity contribution in [3.63, 3.8) is 0 Å². The number of nitrogens with zero attached hydrogens (tertiary/aromatic N) is 1. The van der Waals surface area contributed by atoms with Gasteiger partial charge in [0.15, 0.2) is 0 Å². The van der Waals surface area contributed by atoms with Crippen molar-refractivity contribution in [2.75, 3.05) is 19.6 Å². The van der Waals surface area contributed by atoms with E-state index in [4.69, 9.17) is 5.73 Å². The highest BCUT2D eigenvalue weighted by molar-refractivity contribution is 4.90. The van der Waals surface area contributed by atoms with Crippen LogP contribution in [0.25, 0.3) is 0 Å². The van der Waals surface area contributed by atoms with Gasteiger partial charge in [-0.1, -0.05) is 34.6 Å². The number of hydrogen-bond acceptors (Lipinski definition) is 2. The summed E-state index contributed by atoms with van der Waals surface area (Å²) in [6, 6.07) is 0.434. The predicted octanol–water partition coefficient (Wildman–Crippen LogP) is 3.90. The van der Waals surface area contributed by atoms with Crippen molar-refractivity contribution in [2.24, 2.45) is 28.4 Å². The fourth-order valence-electron chi connectivity index (χ4n) is 4.27. The van der Waals surface area contributed by atoms with Crippen LogP contribution in [0, 0.1) is 22.7 Å². The first kappa shape index (κ1) is 16.3. The summed E-state index contributed by atoms with van der Waals surface area (Å²) in [7, 11) is 0. The second-order valence-electron chi connectivity index (χ2n) is 9.27. The molecule has 0 spiro atoms. The second-order valence-corrected chi connectivity index (χ2v) is 9.27. The zero-order valence-electron chi connectivity index (χ0n) is 14.4. The molecule has 1 heterocycles. The van der Waals surface area contributed by atoms with E-state index in [1.165, 1.54) is 51.7 Å². The van der Waals surface area contributed by atoms with Gasteiger partial charge in [0.05, 0.1) is 0 Å². The van der Waals surface area contributed by atoms with Gasteiger partial charge >= 0.3 is 0 Å². The average molecular weight is 280 g/mol. The summed E-state index contributed by atoms with van der Waals surface area (Å²) in [6.07, 6.45) is 6.57. The van der Waals surface area contributed by atoms with E-state index in [0.717, 1.165) is 5.92 Å². The Morgan fingerprint density at radius 2 is 1.70 bits per heavy atom. The Morgan fingerprint density at radius 1 is 1.10 bits per heavy atom. The highest BCUT2D eigenvalue weighted by Gasteiger charge is 2.35. The molecule has 0 aromatic carbocycles. The fraction of sp³-hybridized carbons (Fsp3) is 1.00. The maximum Gasteiger partial charge on any atom is 0.00797 e. The summed E-state index contributed by atoms with van der Waals surface area (Å²) >= 11 is 0. The first-order valence-electron chi connectivity index (χ1n) is 8.65. The van der Waals surface area contributed by atoms with Crippen LogP contribution in [-0.2, 0) is 0 Å². The molecule has 20 heavy (non-hydrogen) atoms. The van der Waals surface area contributed by atoms with Crippen LogP contribution >= 0.6 is 0 Å². The molecule has 1 aliphatic carbocycles. The van der Waals surface area contributed by atoms with Crippen molar-refractivity contribution in [1.82, 2.24) is 4.90 Å². The molecule has 1 aliphatic heterocycles. The minimum Gasteiger partial charge on any atom is -0.327 e. The van der Waals surface area contributed by atoms with E-state index < -0.39 is 0 Å². The summed E-state index contributed by atoms with van der Waals surface area (Å²) in [6.45, 7) is 15.8. The summed E-state index contributed by atoms with van der Waals surface area (Å²) in [4.78, 5) is 2.69. The molecule has 2 aliphatic rings. The van der Waals surface area contributed by atoms with Crippen LogP contribution in [0.3, 0.4) is 0 Å². The van der Waals surface area contributed by atoms with Gasteiger partial charge < -0.3 is 10.6 Å². The maximum atomic E-state index is 6.39. The van der Waals surface area contributed by atoms with Crippen LogP contribution in [0.4, 0.5) is 0 Å². The van der Waals surface area contributed by atoms with E-state index in [1.807, 2.05) is 0 Å². The normalized spacial score (nSPS) is 33.3. The average Bonchev–Trinajstić information content (AvgIpc) is 2.33. The van der Waals surface area contributed by atoms with Gasteiger partial charge in [-0.25, -0.2) is 0 Å². The van der Waals surface area contributed by atoms with Crippen LogP contribution in [0.2, 0.25) is 0 Å². The summed E-state index contributed by atoms with van der Waals surface area (Å²) in [5.41, 5.74) is 7.37. The van der Waals surface area contributed by atoms with E-state index in [2.05, 4.69) is 39.5 Å². The van der Waals surface area contributed by atoms with Crippen molar-refractivity contribution >= 4 is 0 Å². The molecule has 0 amide bonds. The molecule has 0 aromatic rings. The maximum absolute atomic E-state index is 6.39. The molecule has 2 N–H and O–H groups in total.